The molecule has 0 radical (unpaired) electrons. The van der Waals surface area contributed by atoms with Crippen LogP contribution in [0.2, 0.25) is 0 Å². The second kappa shape index (κ2) is 5.14. The van der Waals surface area contributed by atoms with Gasteiger partial charge in [0.15, 0.2) is 0 Å². The van der Waals surface area contributed by atoms with Crippen molar-refractivity contribution in [3.63, 3.8) is 0 Å². The van der Waals surface area contributed by atoms with Crippen LogP contribution in [0.1, 0.15) is 49.2 Å². The maximum absolute atomic E-state index is 4.61. The maximum Gasteiger partial charge on any atom is 0.0438 e. The van der Waals surface area contributed by atoms with E-state index in [1.54, 1.807) is 0 Å². The first-order chi connectivity index (χ1) is 6.77. The minimum atomic E-state index is 1.19. The minimum absolute atomic E-state index is 1.19. The van der Waals surface area contributed by atoms with Gasteiger partial charge in [0.05, 0.1) is 0 Å². The van der Waals surface area contributed by atoms with Crippen LogP contribution in [0.5, 0.6) is 0 Å². The van der Waals surface area contributed by atoms with Gasteiger partial charge in [-0.05, 0) is 50.7 Å². The van der Waals surface area contributed by atoms with E-state index in [0.717, 1.165) is 0 Å². The van der Waals surface area contributed by atoms with E-state index in [0.29, 0.717) is 0 Å². The molecule has 0 bridgehead atoms. The molecule has 2 rings (SSSR count). The molecule has 1 aliphatic carbocycles. The van der Waals surface area contributed by atoms with E-state index < -0.39 is 0 Å². The standard InChI is InChI=1S/C11H15N.C2H6/c1-8-7-10-5-3-4-6-11(10)12-9(8)2;1-2/h7H,3-6H2,1-2H3;1-2H3. The summed E-state index contributed by atoms with van der Waals surface area (Å²) in [7, 11) is 0. The third kappa shape index (κ3) is 2.34. The van der Waals surface area contributed by atoms with E-state index in [1.807, 2.05) is 13.8 Å². The lowest BCUT2D eigenvalue weighted by molar-refractivity contribution is 0.664. The first-order valence-electron chi connectivity index (χ1n) is 5.73. The summed E-state index contributed by atoms with van der Waals surface area (Å²) in [5.41, 5.74) is 5.39. The molecule has 0 amide bonds. The Hall–Kier alpha value is -0.850. The molecule has 0 N–H and O–H groups in total. The Morgan fingerprint density at radius 2 is 1.71 bits per heavy atom. The van der Waals surface area contributed by atoms with Gasteiger partial charge in [0.1, 0.15) is 0 Å². The van der Waals surface area contributed by atoms with Gasteiger partial charge >= 0.3 is 0 Å². The van der Waals surface area contributed by atoms with Crippen LogP contribution in [-0.4, -0.2) is 4.98 Å². The zero-order chi connectivity index (χ0) is 10.6. The zero-order valence-corrected chi connectivity index (χ0v) is 9.85. The average Bonchev–Trinajstić information content (AvgIpc) is 2.23. The van der Waals surface area contributed by atoms with Crippen LogP contribution in [0.3, 0.4) is 0 Å². The number of pyridine rings is 1. The summed E-state index contributed by atoms with van der Waals surface area (Å²) in [5.74, 6) is 0. The first kappa shape index (κ1) is 11.2. The fraction of sp³-hybridized carbons (Fsp3) is 0.615. The summed E-state index contributed by atoms with van der Waals surface area (Å²) in [6, 6.07) is 2.32. The molecule has 0 saturated carbocycles. The van der Waals surface area contributed by atoms with Gasteiger partial charge in [-0.3, -0.25) is 4.98 Å². The molecular formula is C13H21N. The van der Waals surface area contributed by atoms with Crippen molar-refractivity contribution >= 4 is 0 Å². The topological polar surface area (TPSA) is 12.9 Å². The van der Waals surface area contributed by atoms with Crippen LogP contribution in [0, 0.1) is 13.8 Å². The van der Waals surface area contributed by atoms with Gasteiger partial charge in [-0.1, -0.05) is 19.9 Å². The highest BCUT2D eigenvalue weighted by atomic mass is 14.7. The molecule has 0 fully saturated rings. The fourth-order valence-electron chi connectivity index (χ4n) is 1.85. The number of nitrogens with zero attached hydrogens (tertiary/aromatic N) is 1. The summed E-state index contributed by atoms with van der Waals surface area (Å²) >= 11 is 0. The fourth-order valence-corrected chi connectivity index (χ4v) is 1.85. The molecule has 1 heteroatoms. The van der Waals surface area contributed by atoms with Crippen molar-refractivity contribution in [3.8, 4) is 0 Å². The molecule has 1 heterocycles. The van der Waals surface area contributed by atoms with Crippen molar-refractivity contribution in [2.75, 3.05) is 0 Å². The van der Waals surface area contributed by atoms with Crippen molar-refractivity contribution in [3.05, 3.63) is 28.6 Å². The van der Waals surface area contributed by atoms with Gasteiger partial charge in [0.2, 0.25) is 0 Å². The number of aryl methyl sites for hydroxylation is 4. The molecule has 1 aliphatic rings. The van der Waals surface area contributed by atoms with Gasteiger partial charge in [-0.15, -0.1) is 0 Å². The van der Waals surface area contributed by atoms with Gasteiger partial charge in [0.25, 0.3) is 0 Å². The van der Waals surface area contributed by atoms with Crippen molar-refractivity contribution in [1.29, 1.82) is 0 Å². The third-order valence-corrected chi connectivity index (χ3v) is 2.74. The van der Waals surface area contributed by atoms with Crippen molar-refractivity contribution < 1.29 is 0 Å². The van der Waals surface area contributed by atoms with Crippen LogP contribution in [0.15, 0.2) is 6.07 Å². The summed E-state index contributed by atoms with van der Waals surface area (Å²) in [6.45, 7) is 8.25. The second-order valence-corrected chi connectivity index (χ2v) is 3.70. The lowest BCUT2D eigenvalue weighted by Crippen LogP contribution is -2.07. The summed E-state index contributed by atoms with van der Waals surface area (Å²) in [5, 5.41) is 0. The first-order valence-corrected chi connectivity index (χ1v) is 5.73. The van der Waals surface area contributed by atoms with Gasteiger partial charge in [-0.25, -0.2) is 0 Å². The third-order valence-electron chi connectivity index (χ3n) is 2.74. The van der Waals surface area contributed by atoms with Crippen LogP contribution >= 0.6 is 0 Å². The molecule has 14 heavy (non-hydrogen) atoms. The summed E-state index contributed by atoms with van der Waals surface area (Å²) in [4.78, 5) is 4.61. The molecule has 1 aromatic rings. The predicted molar refractivity (Wildman–Crippen MR) is 61.7 cm³/mol. The van der Waals surface area contributed by atoms with E-state index in [-0.39, 0.29) is 0 Å². The van der Waals surface area contributed by atoms with Crippen molar-refractivity contribution in [2.45, 2.75) is 53.4 Å². The number of hydrogen-bond donors (Lipinski definition) is 0. The normalized spacial score (nSPS) is 14.0. The number of rotatable bonds is 0. The van der Waals surface area contributed by atoms with E-state index in [1.165, 1.54) is 48.2 Å². The molecule has 78 valence electrons. The molecule has 0 aliphatic heterocycles. The smallest absolute Gasteiger partial charge is 0.0438 e. The van der Waals surface area contributed by atoms with Crippen LogP contribution < -0.4 is 0 Å². The quantitative estimate of drug-likeness (QED) is 0.610. The predicted octanol–water partition coefficient (Wildman–Crippen LogP) is 3.60. The lowest BCUT2D eigenvalue weighted by Gasteiger charge is -2.16. The second-order valence-electron chi connectivity index (χ2n) is 3.70. The molecule has 0 atom stereocenters. The highest BCUT2D eigenvalue weighted by molar-refractivity contribution is 5.30. The number of aromatic nitrogens is 1. The van der Waals surface area contributed by atoms with Gasteiger partial charge in [0, 0.05) is 11.4 Å². The highest BCUT2D eigenvalue weighted by Crippen LogP contribution is 2.21. The SMILES string of the molecule is CC.Cc1cc2c(nc1C)CCCC2. The van der Waals surface area contributed by atoms with E-state index in [2.05, 4.69) is 24.9 Å². The molecule has 0 spiro atoms. The Morgan fingerprint density at radius 1 is 1.07 bits per heavy atom. The largest absolute Gasteiger partial charge is 0.258 e. The zero-order valence-electron chi connectivity index (χ0n) is 9.85. The Morgan fingerprint density at radius 3 is 2.43 bits per heavy atom. The molecular weight excluding hydrogens is 170 g/mol. The minimum Gasteiger partial charge on any atom is -0.258 e. The number of hydrogen-bond acceptors (Lipinski definition) is 1. The van der Waals surface area contributed by atoms with E-state index in [9.17, 15) is 0 Å². The monoisotopic (exact) mass is 191 g/mol. The average molecular weight is 191 g/mol. The summed E-state index contributed by atoms with van der Waals surface area (Å²) < 4.78 is 0. The van der Waals surface area contributed by atoms with Crippen LogP contribution in [0.4, 0.5) is 0 Å². The molecule has 0 unspecified atom stereocenters. The molecule has 1 nitrogen and oxygen atoms in total. The Balaban J connectivity index is 0.000000461. The van der Waals surface area contributed by atoms with Crippen molar-refractivity contribution in [2.24, 2.45) is 0 Å². The van der Waals surface area contributed by atoms with Gasteiger partial charge in [-0.2, -0.15) is 0 Å². The Bertz CT molecular complexity index is 271. The molecule has 0 saturated heterocycles. The molecule has 1 aromatic heterocycles. The number of fused-ring (bicyclic) bond motifs is 1. The van der Waals surface area contributed by atoms with Crippen LogP contribution in [0.25, 0.3) is 0 Å². The molecule has 0 aromatic carbocycles. The van der Waals surface area contributed by atoms with Crippen molar-refractivity contribution in [1.82, 2.24) is 4.98 Å². The highest BCUT2D eigenvalue weighted by Gasteiger charge is 2.11. The van der Waals surface area contributed by atoms with Gasteiger partial charge < -0.3 is 0 Å². The maximum atomic E-state index is 4.61. The van der Waals surface area contributed by atoms with Crippen LogP contribution in [-0.2, 0) is 12.8 Å². The lowest BCUT2D eigenvalue weighted by atomic mass is 9.94. The Labute approximate surface area is 87.6 Å². The summed E-state index contributed by atoms with van der Waals surface area (Å²) in [6.07, 6.45) is 5.10. The van der Waals surface area contributed by atoms with E-state index in [4.69, 9.17) is 0 Å². The van der Waals surface area contributed by atoms with E-state index >= 15 is 0 Å². The Kier molecular flexibility index (Phi) is 4.12.